The number of aryl methyl sites for hydroxylation is 1. The topological polar surface area (TPSA) is 81.9 Å². The van der Waals surface area contributed by atoms with Crippen LogP contribution < -0.4 is 4.90 Å². The molecule has 0 amide bonds. The third kappa shape index (κ3) is 3.87. The lowest BCUT2D eigenvalue weighted by Gasteiger charge is -2.36. The second-order valence-electron chi connectivity index (χ2n) is 9.01. The van der Waals surface area contributed by atoms with Crippen molar-refractivity contribution in [1.29, 1.82) is 0 Å². The molecular formula is C24H23F2N7O. The molecule has 8 nitrogen and oxygen atoms in total. The summed E-state index contributed by atoms with van der Waals surface area (Å²) in [6.45, 7) is 4.88. The Bertz CT molecular complexity index is 1390. The largest absolute Gasteiger partial charge is 0.367 e. The number of halogens is 2. The van der Waals surface area contributed by atoms with E-state index in [1.54, 1.807) is 6.20 Å². The molecule has 0 unspecified atom stereocenters. The molecule has 1 aliphatic carbocycles. The molecule has 6 rings (SSSR count). The Labute approximate surface area is 194 Å². The fourth-order valence-corrected chi connectivity index (χ4v) is 4.35. The summed E-state index contributed by atoms with van der Waals surface area (Å²) in [6.07, 6.45) is 7.51. The zero-order chi connectivity index (χ0) is 23.4. The van der Waals surface area contributed by atoms with Crippen LogP contribution in [0.1, 0.15) is 43.2 Å². The summed E-state index contributed by atoms with van der Waals surface area (Å²) < 4.78 is 36.5. The van der Waals surface area contributed by atoms with Gasteiger partial charge in [0.2, 0.25) is 5.95 Å². The third-order valence-electron chi connectivity index (χ3n) is 6.16. The molecule has 0 N–H and O–H groups in total. The number of benzene rings is 1. The fourth-order valence-electron chi connectivity index (χ4n) is 4.35. The van der Waals surface area contributed by atoms with Crippen LogP contribution in [0.15, 0.2) is 36.8 Å². The standard InChI is InChI=1S/C24H23F2N7O/c1-13-8-27-22-21(18-6-3-16(25)7-19(18)26)30-24(31-23(22)29-13)32-10-14(2)34-20(12-32)15-9-28-33(11-15)17-4-5-17/h3,6-9,11,14,17,20H,4-5,10,12H2,1-2H3/t14-,20+/m0/s1. The number of rotatable bonds is 4. The molecule has 34 heavy (non-hydrogen) atoms. The summed E-state index contributed by atoms with van der Waals surface area (Å²) in [7, 11) is 0. The number of fused-ring (bicyclic) bond motifs is 1. The van der Waals surface area contributed by atoms with Crippen molar-refractivity contribution in [3.05, 3.63) is 59.7 Å². The van der Waals surface area contributed by atoms with Crippen LogP contribution in [-0.4, -0.2) is 48.9 Å². The first-order valence-electron chi connectivity index (χ1n) is 11.4. The number of morpholine rings is 1. The van der Waals surface area contributed by atoms with Gasteiger partial charge in [-0.3, -0.25) is 4.68 Å². The lowest BCUT2D eigenvalue weighted by Crippen LogP contribution is -2.43. The quantitative estimate of drug-likeness (QED) is 0.449. The van der Waals surface area contributed by atoms with Crippen molar-refractivity contribution in [3.63, 3.8) is 0 Å². The predicted molar refractivity (Wildman–Crippen MR) is 121 cm³/mol. The Kier molecular flexibility index (Phi) is 4.98. The summed E-state index contributed by atoms with van der Waals surface area (Å²) in [5, 5.41) is 4.49. The summed E-state index contributed by atoms with van der Waals surface area (Å²) >= 11 is 0. The van der Waals surface area contributed by atoms with Crippen molar-refractivity contribution in [2.45, 2.75) is 44.9 Å². The Morgan fingerprint density at radius 3 is 2.71 bits per heavy atom. The molecular weight excluding hydrogens is 440 g/mol. The van der Waals surface area contributed by atoms with Gasteiger partial charge in [0.15, 0.2) is 5.65 Å². The van der Waals surface area contributed by atoms with Gasteiger partial charge >= 0.3 is 0 Å². The Hall–Kier alpha value is -3.53. The van der Waals surface area contributed by atoms with Gasteiger partial charge < -0.3 is 9.64 Å². The zero-order valence-electron chi connectivity index (χ0n) is 18.8. The Balaban J connectivity index is 1.41. The van der Waals surface area contributed by atoms with Crippen LogP contribution in [0, 0.1) is 18.6 Å². The van der Waals surface area contributed by atoms with E-state index in [4.69, 9.17) is 9.72 Å². The van der Waals surface area contributed by atoms with Gasteiger partial charge in [-0.15, -0.1) is 0 Å². The van der Waals surface area contributed by atoms with E-state index in [0.717, 1.165) is 24.5 Å². The molecule has 0 bridgehead atoms. The Morgan fingerprint density at radius 2 is 1.91 bits per heavy atom. The van der Waals surface area contributed by atoms with E-state index < -0.39 is 11.6 Å². The number of hydrogen-bond donors (Lipinski definition) is 0. The van der Waals surface area contributed by atoms with E-state index in [0.29, 0.717) is 41.9 Å². The predicted octanol–water partition coefficient (Wildman–Crippen LogP) is 4.17. The molecule has 1 saturated heterocycles. The molecule has 4 aromatic rings. The lowest BCUT2D eigenvalue weighted by molar-refractivity contribution is -0.0178. The van der Waals surface area contributed by atoms with E-state index in [1.165, 1.54) is 12.1 Å². The molecule has 3 aromatic heterocycles. The number of ether oxygens (including phenoxy) is 1. The van der Waals surface area contributed by atoms with Crippen LogP contribution in [0.5, 0.6) is 0 Å². The summed E-state index contributed by atoms with van der Waals surface area (Å²) in [6, 6.07) is 3.91. The minimum Gasteiger partial charge on any atom is -0.367 e. The van der Waals surface area contributed by atoms with Gasteiger partial charge in [0.25, 0.3) is 0 Å². The highest BCUT2D eigenvalue weighted by molar-refractivity contribution is 5.88. The molecule has 174 valence electrons. The normalized spacial score (nSPS) is 20.8. The summed E-state index contributed by atoms with van der Waals surface area (Å²) in [5.41, 5.74) is 2.84. The molecule has 4 heterocycles. The minimum absolute atomic E-state index is 0.0862. The fraction of sp³-hybridized carbons (Fsp3) is 0.375. The first-order chi connectivity index (χ1) is 16.4. The van der Waals surface area contributed by atoms with Gasteiger partial charge in [-0.1, -0.05) is 0 Å². The van der Waals surface area contributed by atoms with Crippen LogP contribution in [0.4, 0.5) is 14.7 Å². The van der Waals surface area contributed by atoms with Crippen molar-refractivity contribution >= 4 is 17.1 Å². The SMILES string of the molecule is Cc1cnc2c(-c3ccc(F)cc3F)nc(N3C[C@H](C)O[C@@H](c4cnn(C5CC5)c4)C3)nc2n1. The summed E-state index contributed by atoms with van der Waals surface area (Å²) in [5.74, 6) is -0.965. The zero-order valence-corrected chi connectivity index (χ0v) is 18.8. The van der Waals surface area contributed by atoms with Gasteiger partial charge in [0.1, 0.15) is 28.9 Å². The average molecular weight is 463 g/mol. The molecule has 0 radical (unpaired) electrons. The van der Waals surface area contributed by atoms with E-state index in [9.17, 15) is 8.78 Å². The van der Waals surface area contributed by atoms with Crippen LogP contribution in [0.25, 0.3) is 22.4 Å². The molecule has 1 aliphatic heterocycles. The number of nitrogens with zero attached hydrogens (tertiary/aromatic N) is 7. The average Bonchev–Trinajstić information content (AvgIpc) is 3.54. The van der Waals surface area contributed by atoms with Gasteiger partial charge in [0.05, 0.1) is 30.6 Å². The molecule has 1 aromatic carbocycles. The molecule has 10 heteroatoms. The van der Waals surface area contributed by atoms with E-state index in [-0.39, 0.29) is 23.5 Å². The van der Waals surface area contributed by atoms with Crippen LogP contribution in [0.3, 0.4) is 0 Å². The van der Waals surface area contributed by atoms with Gasteiger partial charge in [0, 0.05) is 36.1 Å². The molecule has 2 atom stereocenters. The van der Waals surface area contributed by atoms with Gasteiger partial charge in [-0.05, 0) is 38.8 Å². The maximum absolute atomic E-state index is 14.7. The molecule has 1 saturated carbocycles. The van der Waals surface area contributed by atoms with Gasteiger partial charge in [-0.25, -0.2) is 23.7 Å². The van der Waals surface area contributed by atoms with E-state index >= 15 is 0 Å². The van der Waals surface area contributed by atoms with Crippen molar-refractivity contribution < 1.29 is 13.5 Å². The highest BCUT2D eigenvalue weighted by atomic mass is 19.1. The smallest absolute Gasteiger partial charge is 0.228 e. The van der Waals surface area contributed by atoms with Crippen molar-refractivity contribution in [3.8, 4) is 11.3 Å². The van der Waals surface area contributed by atoms with Crippen molar-refractivity contribution in [2.75, 3.05) is 18.0 Å². The number of anilines is 1. The Morgan fingerprint density at radius 1 is 1.06 bits per heavy atom. The lowest BCUT2D eigenvalue weighted by atomic mass is 10.1. The molecule has 2 aliphatic rings. The molecule has 2 fully saturated rings. The highest BCUT2D eigenvalue weighted by Gasteiger charge is 2.31. The van der Waals surface area contributed by atoms with Crippen molar-refractivity contribution in [1.82, 2.24) is 29.7 Å². The number of hydrogen-bond acceptors (Lipinski definition) is 7. The maximum Gasteiger partial charge on any atom is 0.228 e. The first kappa shape index (κ1) is 21.0. The van der Waals surface area contributed by atoms with Crippen LogP contribution in [-0.2, 0) is 4.74 Å². The van der Waals surface area contributed by atoms with Crippen molar-refractivity contribution in [2.24, 2.45) is 0 Å². The second kappa shape index (κ2) is 8.05. The first-order valence-corrected chi connectivity index (χ1v) is 11.4. The highest BCUT2D eigenvalue weighted by Crippen LogP contribution is 2.36. The minimum atomic E-state index is -0.714. The van der Waals surface area contributed by atoms with E-state index in [1.807, 2.05) is 35.8 Å². The van der Waals surface area contributed by atoms with E-state index in [2.05, 4.69) is 20.1 Å². The van der Waals surface area contributed by atoms with Crippen LogP contribution >= 0.6 is 0 Å². The van der Waals surface area contributed by atoms with Crippen LogP contribution in [0.2, 0.25) is 0 Å². The number of aromatic nitrogens is 6. The maximum atomic E-state index is 14.7. The monoisotopic (exact) mass is 463 g/mol. The second-order valence-corrected chi connectivity index (χ2v) is 9.01. The molecule has 0 spiro atoms. The third-order valence-corrected chi connectivity index (χ3v) is 6.16. The van der Waals surface area contributed by atoms with Gasteiger partial charge in [-0.2, -0.15) is 10.1 Å². The summed E-state index contributed by atoms with van der Waals surface area (Å²) in [4.78, 5) is 20.3.